The quantitative estimate of drug-likeness (QED) is 0.0794. The van der Waals surface area contributed by atoms with E-state index in [1.54, 1.807) is 0 Å². The Bertz CT molecular complexity index is 542. The minimum atomic E-state index is 0. The molecule has 0 saturated carbocycles. The molecule has 0 fully saturated rings. The van der Waals surface area contributed by atoms with E-state index < -0.39 is 0 Å². The Morgan fingerprint density at radius 3 is 0.721 bits per heavy atom. The maximum Gasteiger partial charge on any atom is 0.132 e. The van der Waals surface area contributed by atoms with E-state index >= 15 is 0 Å². The molecule has 0 heterocycles. The van der Waals surface area contributed by atoms with Crippen molar-refractivity contribution in [1.29, 1.82) is 0 Å². The van der Waals surface area contributed by atoms with Gasteiger partial charge in [-0.1, -0.05) is 192 Å². The molecule has 0 aliphatic rings. The standard InChI is InChI=1S/C41H82O.CH4/c1-33(2)17-11-19-35(5)21-13-23-37(7)25-15-27-39(9)29-31-41(42)32-30-40(10)28-16-26-38(8)24-14-22-36(6)20-12-18-34(3)4;/h33-40H,11-32H2,1-10H3;1H4. The molecule has 0 saturated heterocycles. The van der Waals surface area contributed by atoms with Crippen LogP contribution in [0.3, 0.4) is 0 Å². The Labute approximate surface area is 275 Å². The molecule has 0 amide bonds. The predicted octanol–water partition coefficient (Wildman–Crippen LogP) is 14.9. The molecule has 1 nitrogen and oxygen atoms in total. The van der Waals surface area contributed by atoms with Gasteiger partial charge in [0.2, 0.25) is 0 Å². The maximum atomic E-state index is 12.6. The number of carbonyl (C=O) groups is 1. The van der Waals surface area contributed by atoms with Gasteiger partial charge >= 0.3 is 0 Å². The summed E-state index contributed by atoms with van der Waals surface area (Å²) in [6, 6.07) is 0. The van der Waals surface area contributed by atoms with E-state index in [0.29, 0.717) is 17.6 Å². The zero-order valence-corrected chi connectivity index (χ0v) is 31.1. The van der Waals surface area contributed by atoms with Crippen molar-refractivity contribution in [3.8, 4) is 0 Å². The van der Waals surface area contributed by atoms with Crippen molar-refractivity contribution in [3.05, 3.63) is 0 Å². The molecule has 0 bridgehead atoms. The largest absolute Gasteiger partial charge is 0.300 e. The Hall–Kier alpha value is -0.330. The van der Waals surface area contributed by atoms with Crippen LogP contribution in [0, 0.1) is 47.3 Å². The van der Waals surface area contributed by atoms with Crippen LogP contribution in [0.5, 0.6) is 0 Å². The lowest BCUT2D eigenvalue weighted by atomic mass is 9.89. The van der Waals surface area contributed by atoms with Crippen LogP contribution in [0.25, 0.3) is 0 Å². The maximum absolute atomic E-state index is 12.6. The molecule has 0 aromatic heterocycles. The minimum absolute atomic E-state index is 0. The zero-order valence-electron chi connectivity index (χ0n) is 31.1. The zero-order chi connectivity index (χ0) is 31.8. The van der Waals surface area contributed by atoms with Gasteiger partial charge in [0.15, 0.2) is 0 Å². The van der Waals surface area contributed by atoms with Gasteiger partial charge in [-0.2, -0.15) is 0 Å². The van der Waals surface area contributed by atoms with Gasteiger partial charge in [-0.25, -0.2) is 0 Å². The molecule has 0 radical (unpaired) electrons. The fourth-order valence-corrected chi connectivity index (χ4v) is 6.81. The SMILES string of the molecule is C.CC(C)CCCC(C)CCCC(C)CCCC(C)CCC(=O)CCC(C)CCCC(C)CCCC(C)CCCC(C)C. The summed E-state index contributed by atoms with van der Waals surface area (Å²) in [5, 5.41) is 0. The molecule has 0 N–H and O–H groups in total. The third kappa shape index (κ3) is 31.4. The average molecular weight is 607 g/mol. The first-order valence-electron chi connectivity index (χ1n) is 19.4. The molecule has 0 rings (SSSR count). The Balaban J connectivity index is 0. The molecule has 0 aliphatic carbocycles. The lowest BCUT2D eigenvalue weighted by Gasteiger charge is -2.17. The van der Waals surface area contributed by atoms with Crippen LogP contribution in [-0.2, 0) is 4.79 Å². The molecule has 260 valence electrons. The minimum Gasteiger partial charge on any atom is -0.300 e. The second kappa shape index (κ2) is 29.1. The summed E-state index contributed by atoms with van der Waals surface area (Å²) < 4.78 is 0. The molecule has 1 heteroatoms. The summed E-state index contributed by atoms with van der Waals surface area (Å²) in [7, 11) is 0. The Morgan fingerprint density at radius 1 is 0.326 bits per heavy atom. The normalized spacial score (nSPS) is 16.1. The predicted molar refractivity (Wildman–Crippen MR) is 198 cm³/mol. The van der Waals surface area contributed by atoms with Gasteiger partial charge in [0.25, 0.3) is 0 Å². The fraction of sp³-hybridized carbons (Fsp3) is 0.976. The van der Waals surface area contributed by atoms with E-state index in [1.165, 1.54) is 116 Å². The number of ketones is 1. The molecule has 0 aromatic rings. The monoisotopic (exact) mass is 607 g/mol. The summed E-state index contributed by atoms with van der Waals surface area (Å²) in [6.07, 6.45) is 28.7. The molecule has 6 atom stereocenters. The van der Waals surface area contributed by atoms with Crippen molar-refractivity contribution in [3.63, 3.8) is 0 Å². The van der Waals surface area contributed by atoms with Crippen molar-refractivity contribution in [2.24, 2.45) is 47.3 Å². The number of hydrogen-bond donors (Lipinski definition) is 0. The van der Waals surface area contributed by atoms with Gasteiger partial charge < -0.3 is 0 Å². The van der Waals surface area contributed by atoms with Crippen LogP contribution in [-0.4, -0.2) is 5.78 Å². The highest BCUT2D eigenvalue weighted by atomic mass is 16.1. The Kier molecular flexibility index (Phi) is 30.3. The lowest BCUT2D eigenvalue weighted by molar-refractivity contribution is -0.119. The highest BCUT2D eigenvalue weighted by molar-refractivity contribution is 5.78. The molecular weight excluding hydrogens is 520 g/mol. The van der Waals surface area contributed by atoms with E-state index in [2.05, 4.69) is 69.2 Å². The first-order valence-corrected chi connectivity index (χ1v) is 19.4. The molecule has 6 unspecified atom stereocenters. The van der Waals surface area contributed by atoms with E-state index in [-0.39, 0.29) is 7.43 Å². The van der Waals surface area contributed by atoms with Crippen LogP contribution in [0.15, 0.2) is 0 Å². The van der Waals surface area contributed by atoms with E-state index in [9.17, 15) is 4.79 Å². The lowest BCUT2D eigenvalue weighted by Crippen LogP contribution is -2.06. The van der Waals surface area contributed by atoms with Gasteiger partial charge in [0.1, 0.15) is 5.78 Å². The molecule has 0 spiro atoms. The van der Waals surface area contributed by atoms with Gasteiger partial charge in [-0.05, 0) is 60.2 Å². The summed E-state index contributed by atoms with van der Waals surface area (Å²) in [4.78, 5) is 12.6. The van der Waals surface area contributed by atoms with Crippen molar-refractivity contribution in [1.82, 2.24) is 0 Å². The summed E-state index contributed by atoms with van der Waals surface area (Å²) in [5.74, 6) is 7.14. The first-order chi connectivity index (χ1) is 19.9. The molecule has 0 aliphatic heterocycles. The van der Waals surface area contributed by atoms with Crippen LogP contribution >= 0.6 is 0 Å². The highest BCUT2D eigenvalue weighted by Gasteiger charge is 2.12. The van der Waals surface area contributed by atoms with Crippen LogP contribution < -0.4 is 0 Å². The van der Waals surface area contributed by atoms with Crippen LogP contribution in [0.4, 0.5) is 0 Å². The highest BCUT2D eigenvalue weighted by Crippen LogP contribution is 2.25. The summed E-state index contributed by atoms with van der Waals surface area (Å²) >= 11 is 0. The second-order valence-electron chi connectivity index (χ2n) is 16.6. The van der Waals surface area contributed by atoms with E-state index in [0.717, 1.165) is 61.2 Å². The van der Waals surface area contributed by atoms with Crippen molar-refractivity contribution in [2.45, 2.75) is 218 Å². The van der Waals surface area contributed by atoms with E-state index in [4.69, 9.17) is 0 Å². The summed E-state index contributed by atoms with van der Waals surface area (Å²) in [6.45, 7) is 23.9. The van der Waals surface area contributed by atoms with Crippen LogP contribution in [0.1, 0.15) is 218 Å². The van der Waals surface area contributed by atoms with Crippen molar-refractivity contribution < 1.29 is 4.79 Å². The fourth-order valence-electron chi connectivity index (χ4n) is 6.81. The number of carbonyl (C=O) groups excluding carboxylic acids is 1. The Morgan fingerprint density at radius 2 is 0.512 bits per heavy atom. The van der Waals surface area contributed by atoms with Gasteiger partial charge in [-0.15, -0.1) is 0 Å². The van der Waals surface area contributed by atoms with Crippen molar-refractivity contribution in [2.75, 3.05) is 0 Å². The molecule has 0 aromatic carbocycles. The summed E-state index contributed by atoms with van der Waals surface area (Å²) in [5.41, 5.74) is 0. The third-order valence-electron chi connectivity index (χ3n) is 10.4. The van der Waals surface area contributed by atoms with Crippen LogP contribution in [0.2, 0.25) is 0 Å². The van der Waals surface area contributed by atoms with Gasteiger partial charge in [0, 0.05) is 12.8 Å². The number of rotatable bonds is 30. The van der Waals surface area contributed by atoms with Gasteiger partial charge in [0.05, 0.1) is 0 Å². The van der Waals surface area contributed by atoms with Gasteiger partial charge in [-0.3, -0.25) is 4.79 Å². The van der Waals surface area contributed by atoms with Crippen molar-refractivity contribution >= 4 is 5.78 Å². The molecular formula is C42H86O. The number of Topliss-reactive ketones (excluding diaryl/α,β-unsaturated/α-hetero) is 1. The third-order valence-corrected chi connectivity index (χ3v) is 10.4. The van der Waals surface area contributed by atoms with E-state index in [1.807, 2.05) is 0 Å². The topological polar surface area (TPSA) is 17.1 Å². The number of hydrogen-bond acceptors (Lipinski definition) is 1. The smallest absolute Gasteiger partial charge is 0.132 e. The average Bonchev–Trinajstić information content (AvgIpc) is 2.90. The second-order valence-corrected chi connectivity index (χ2v) is 16.6. The molecule has 43 heavy (non-hydrogen) atoms. The first kappa shape index (κ1) is 44.8.